The largest absolute Gasteiger partial charge is 0.361 e. The number of nitrogens with zero attached hydrogens (tertiary/aromatic N) is 1. The zero-order chi connectivity index (χ0) is 14.8. The number of nitrogens with one attached hydrogen (secondary N) is 1. The van der Waals surface area contributed by atoms with Gasteiger partial charge in [0.15, 0.2) is 0 Å². The standard InChI is InChI=1S/C18H18N2O/c1-13-6-3-4-7-14(13)12-20(2)18(21)16-8-5-9-17-15(16)10-11-19-17/h3-11,19H,12H2,1-2H3. The summed E-state index contributed by atoms with van der Waals surface area (Å²) in [6.07, 6.45) is 1.86. The first-order valence-corrected chi connectivity index (χ1v) is 7.03. The van der Waals surface area contributed by atoms with Crippen LogP contribution >= 0.6 is 0 Å². The molecule has 3 rings (SSSR count). The van der Waals surface area contributed by atoms with E-state index in [2.05, 4.69) is 24.0 Å². The molecule has 0 radical (unpaired) electrons. The fourth-order valence-corrected chi connectivity index (χ4v) is 2.59. The second-order valence-electron chi connectivity index (χ2n) is 5.33. The Morgan fingerprint density at radius 1 is 1.10 bits per heavy atom. The van der Waals surface area contributed by atoms with Crippen LogP contribution in [0.4, 0.5) is 0 Å². The Bertz CT molecular complexity index is 789. The highest BCUT2D eigenvalue weighted by Gasteiger charge is 2.15. The third-order valence-corrected chi connectivity index (χ3v) is 3.84. The predicted molar refractivity (Wildman–Crippen MR) is 85.3 cm³/mol. The molecule has 106 valence electrons. The van der Waals surface area contributed by atoms with Gasteiger partial charge in [0.2, 0.25) is 0 Å². The van der Waals surface area contributed by atoms with E-state index < -0.39 is 0 Å². The van der Waals surface area contributed by atoms with E-state index in [0.29, 0.717) is 6.54 Å². The first kappa shape index (κ1) is 13.4. The van der Waals surface area contributed by atoms with Gasteiger partial charge in [-0.2, -0.15) is 0 Å². The van der Waals surface area contributed by atoms with Gasteiger partial charge in [0.1, 0.15) is 0 Å². The molecule has 0 aliphatic heterocycles. The van der Waals surface area contributed by atoms with E-state index in [9.17, 15) is 4.79 Å². The molecular formula is C18H18N2O. The first-order valence-electron chi connectivity index (χ1n) is 7.03. The normalized spacial score (nSPS) is 10.8. The molecule has 3 heteroatoms. The maximum atomic E-state index is 12.7. The Hall–Kier alpha value is -2.55. The lowest BCUT2D eigenvalue weighted by Gasteiger charge is -2.19. The van der Waals surface area contributed by atoms with Crippen LogP contribution in [-0.4, -0.2) is 22.8 Å². The van der Waals surface area contributed by atoms with Gasteiger partial charge in [-0.25, -0.2) is 0 Å². The quantitative estimate of drug-likeness (QED) is 0.778. The van der Waals surface area contributed by atoms with Crippen LogP contribution in [-0.2, 0) is 6.54 Å². The smallest absolute Gasteiger partial charge is 0.254 e. The van der Waals surface area contributed by atoms with Crippen LogP contribution in [0.2, 0.25) is 0 Å². The number of aryl methyl sites for hydroxylation is 1. The molecule has 3 aromatic rings. The topological polar surface area (TPSA) is 36.1 Å². The minimum atomic E-state index is 0.0449. The Morgan fingerprint density at radius 2 is 1.90 bits per heavy atom. The molecule has 0 bridgehead atoms. The van der Waals surface area contributed by atoms with Gasteiger partial charge in [-0.3, -0.25) is 4.79 Å². The third kappa shape index (κ3) is 2.55. The van der Waals surface area contributed by atoms with Crippen LogP contribution in [0.1, 0.15) is 21.5 Å². The van der Waals surface area contributed by atoms with Gasteiger partial charge in [0, 0.05) is 36.3 Å². The van der Waals surface area contributed by atoms with Crippen molar-refractivity contribution in [2.45, 2.75) is 13.5 Å². The highest BCUT2D eigenvalue weighted by Crippen LogP contribution is 2.20. The van der Waals surface area contributed by atoms with Crippen LogP contribution in [0, 0.1) is 6.92 Å². The molecule has 1 N–H and O–H groups in total. The summed E-state index contributed by atoms with van der Waals surface area (Å²) in [5.41, 5.74) is 4.11. The third-order valence-electron chi connectivity index (χ3n) is 3.84. The van der Waals surface area contributed by atoms with E-state index in [4.69, 9.17) is 0 Å². The van der Waals surface area contributed by atoms with Crippen molar-refractivity contribution in [3.63, 3.8) is 0 Å². The number of rotatable bonds is 3. The van der Waals surface area contributed by atoms with Crippen molar-refractivity contribution in [2.75, 3.05) is 7.05 Å². The number of amides is 1. The second-order valence-corrected chi connectivity index (χ2v) is 5.33. The number of H-pyrrole nitrogens is 1. The maximum absolute atomic E-state index is 12.7. The number of carbonyl (C=O) groups is 1. The van der Waals surface area contributed by atoms with Gasteiger partial charge in [-0.05, 0) is 36.2 Å². The van der Waals surface area contributed by atoms with Crippen molar-refractivity contribution in [1.29, 1.82) is 0 Å². The highest BCUT2D eigenvalue weighted by molar-refractivity contribution is 6.06. The Morgan fingerprint density at radius 3 is 2.71 bits per heavy atom. The van der Waals surface area contributed by atoms with Crippen molar-refractivity contribution >= 4 is 16.8 Å². The molecule has 21 heavy (non-hydrogen) atoms. The number of aromatic amines is 1. The Labute approximate surface area is 124 Å². The summed E-state index contributed by atoms with van der Waals surface area (Å²) >= 11 is 0. The van der Waals surface area contributed by atoms with Crippen LogP contribution < -0.4 is 0 Å². The van der Waals surface area contributed by atoms with Crippen molar-refractivity contribution in [3.8, 4) is 0 Å². The molecule has 0 saturated carbocycles. The summed E-state index contributed by atoms with van der Waals surface area (Å²) in [7, 11) is 1.85. The average molecular weight is 278 g/mol. The fourth-order valence-electron chi connectivity index (χ4n) is 2.59. The molecule has 2 aromatic carbocycles. The molecule has 0 atom stereocenters. The van der Waals surface area contributed by atoms with Gasteiger partial charge in [0.25, 0.3) is 5.91 Å². The van der Waals surface area contributed by atoms with E-state index in [-0.39, 0.29) is 5.91 Å². The van der Waals surface area contributed by atoms with Crippen LogP contribution in [0.5, 0.6) is 0 Å². The minimum absolute atomic E-state index is 0.0449. The Kier molecular flexibility index (Phi) is 3.48. The molecule has 0 fully saturated rings. The van der Waals surface area contributed by atoms with E-state index in [0.717, 1.165) is 16.5 Å². The van der Waals surface area contributed by atoms with Gasteiger partial charge in [-0.15, -0.1) is 0 Å². The maximum Gasteiger partial charge on any atom is 0.254 e. The van der Waals surface area contributed by atoms with Crippen molar-refractivity contribution < 1.29 is 4.79 Å². The van der Waals surface area contributed by atoms with Crippen LogP contribution in [0.25, 0.3) is 10.9 Å². The van der Waals surface area contributed by atoms with E-state index in [1.54, 1.807) is 4.90 Å². The summed E-state index contributed by atoms with van der Waals surface area (Å²) in [5.74, 6) is 0.0449. The monoisotopic (exact) mass is 278 g/mol. The summed E-state index contributed by atoms with van der Waals surface area (Å²) in [6, 6.07) is 15.9. The predicted octanol–water partition coefficient (Wildman–Crippen LogP) is 3.75. The summed E-state index contributed by atoms with van der Waals surface area (Å²) in [6.45, 7) is 2.69. The lowest BCUT2D eigenvalue weighted by Crippen LogP contribution is -2.26. The van der Waals surface area contributed by atoms with Crippen LogP contribution in [0.3, 0.4) is 0 Å². The molecule has 1 heterocycles. The minimum Gasteiger partial charge on any atom is -0.361 e. The van der Waals surface area contributed by atoms with Crippen LogP contribution in [0.15, 0.2) is 54.7 Å². The number of hydrogen-bond donors (Lipinski definition) is 1. The van der Waals surface area contributed by atoms with Crippen molar-refractivity contribution in [1.82, 2.24) is 9.88 Å². The van der Waals surface area contributed by atoms with E-state index in [1.165, 1.54) is 11.1 Å². The zero-order valence-electron chi connectivity index (χ0n) is 12.3. The molecule has 0 saturated heterocycles. The molecule has 0 unspecified atom stereocenters. The number of hydrogen-bond acceptors (Lipinski definition) is 1. The molecule has 0 aliphatic carbocycles. The number of fused-ring (bicyclic) bond motifs is 1. The lowest BCUT2D eigenvalue weighted by atomic mass is 10.1. The summed E-state index contributed by atoms with van der Waals surface area (Å²) < 4.78 is 0. The molecule has 1 amide bonds. The van der Waals surface area contributed by atoms with Gasteiger partial charge >= 0.3 is 0 Å². The fraction of sp³-hybridized carbons (Fsp3) is 0.167. The highest BCUT2D eigenvalue weighted by atomic mass is 16.2. The molecule has 1 aromatic heterocycles. The summed E-state index contributed by atoms with van der Waals surface area (Å²) in [5, 5.41) is 0.971. The lowest BCUT2D eigenvalue weighted by molar-refractivity contribution is 0.0787. The van der Waals surface area contributed by atoms with Crippen molar-refractivity contribution in [3.05, 3.63) is 71.4 Å². The second kappa shape index (κ2) is 5.44. The molecule has 0 spiro atoms. The van der Waals surface area contributed by atoms with Gasteiger partial charge < -0.3 is 9.88 Å². The number of benzene rings is 2. The SMILES string of the molecule is Cc1ccccc1CN(C)C(=O)c1cccc2[nH]ccc12. The molecular weight excluding hydrogens is 260 g/mol. The first-order chi connectivity index (χ1) is 10.2. The number of aromatic nitrogens is 1. The molecule has 3 nitrogen and oxygen atoms in total. The Balaban J connectivity index is 1.88. The van der Waals surface area contributed by atoms with E-state index in [1.807, 2.05) is 49.6 Å². The number of carbonyl (C=O) groups excluding carboxylic acids is 1. The zero-order valence-corrected chi connectivity index (χ0v) is 12.3. The van der Waals surface area contributed by atoms with E-state index >= 15 is 0 Å². The average Bonchev–Trinajstić information content (AvgIpc) is 2.97. The van der Waals surface area contributed by atoms with Gasteiger partial charge in [-0.1, -0.05) is 30.3 Å². The van der Waals surface area contributed by atoms with Gasteiger partial charge in [0.05, 0.1) is 0 Å². The summed E-state index contributed by atoms with van der Waals surface area (Å²) in [4.78, 5) is 17.6. The molecule has 0 aliphatic rings. The van der Waals surface area contributed by atoms with Crippen molar-refractivity contribution in [2.24, 2.45) is 0 Å².